The van der Waals surface area contributed by atoms with Gasteiger partial charge in [0.25, 0.3) is 0 Å². The average molecular weight is 181 g/mol. The van der Waals surface area contributed by atoms with Crippen molar-refractivity contribution < 1.29 is 14.6 Å². The number of hydrogen-bond donors (Lipinski definition) is 1. The van der Waals surface area contributed by atoms with Gasteiger partial charge in [0.1, 0.15) is 0 Å². The molecule has 1 N–H and O–H groups in total. The first-order chi connectivity index (χ1) is 6.24. The Morgan fingerprint density at radius 2 is 2.54 bits per heavy atom. The van der Waals surface area contributed by atoms with Gasteiger partial charge in [-0.25, -0.2) is 4.79 Å². The molecule has 4 heteroatoms. The topological polar surface area (TPSA) is 59.4 Å². The number of aliphatic hydroxyl groups excluding tert-OH is 1. The molecule has 1 aromatic heterocycles. The van der Waals surface area contributed by atoms with Gasteiger partial charge in [0.15, 0.2) is 6.10 Å². The molecule has 0 spiro atoms. The van der Waals surface area contributed by atoms with Crippen molar-refractivity contribution in [1.82, 2.24) is 4.98 Å². The summed E-state index contributed by atoms with van der Waals surface area (Å²) in [6.07, 6.45) is 2.37. The summed E-state index contributed by atoms with van der Waals surface area (Å²) >= 11 is 0. The lowest BCUT2D eigenvalue weighted by Crippen LogP contribution is -2.24. The summed E-state index contributed by atoms with van der Waals surface area (Å²) in [5.41, 5.74) is 0.806. The Morgan fingerprint density at radius 1 is 1.77 bits per heavy atom. The quantitative estimate of drug-likeness (QED) is 0.675. The molecule has 0 fully saturated rings. The van der Waals surface area contributed by atoms with Gasteiger partial charge in [-0.15, -0.1) is 0 Å². The molecule has 4 nitrogen and oxygen atoms in total. The Balaban J connectivity index is 2.55. The molecule has 1 heterocycles. The van der Waals surface area contributed by atoms with Gasteiger partial charge in [-0.3, -0.25) is 4.98 Å². The molecule has 0 bridgehead atoms. The van der Waals surface area contributed by atoms with Crippen LogP contribution in [0.15, 0.2) is 24.5 Å². The molecule has 13 heavy (non-hydrogen) atoms. The highest BCUT2D eigenvalue weighted by Gasteiger charge is 2.15. The van der Waals surface area contributed by atoms with Gasteiger partial charge in [0, 0.05) is 18.8 Å². The third-order valence-electron chi connectivity index (χ3n) is 1.63. The van der Waals surface area contributed by atoms with Crippen LogP contribution in [0, 0.1) is 0 Å². The van der Waals surface area contributed by atoms with Crippen LogP contribution < -0.4 is 0 Å². The second-order valence-corrected chi connectivity index (χ2v) is 2.60. The number of ether oxygens (including phenoxy) is 1. The van der Waals surface area contributed by atoms with Crippen LogP contribution in [-0.4, -0.2) is 29.3 Å². The summed E-state index contributed by atoms with van der Waals surface area (Å²) in [6, 6.07) is 3.54. The van der Waals surface area contributed by atoms with E-state index in [-0.39, 0.29) is 6.42 Å². The zero-order valence-electron chi connectivity index (χ0n) is 7.30. The predicted molar refractivity (Wildman–Crippen MR) is 46.0 cm³/mol. The Morgan fingerprint density at radius 3 is 3.08 bits per heavy atom. The summed E-state index contributed by atoms with van der Waals surface area (Å²) in [7, 11) is 1.24. The summed E-state index contributed by atoms with van der Waals surface area (Å²) in [5.74, 6) is -0.621. The van der Waals surface area contributed by atoms with Crippen molar-refractivity contribution >= 4 is 5.97 Å². The number of aromatic nitrogens is 1. The normalized spacial score (nSPS) is 12.2. The fraction of sp³-hybridized carbons (Fsp3) is 0.333. The number of pyridine rings is 1. The Kier molecular flexibility index (Phi) is 3.40. The second-order valence-electron chi connectivity index (χ2n) is 2.60. The van der Waals surface area contributed by atoms with E-state index in [9.17, 15) is 9.90 Å². The first-order valence-corrected chi connectivity index (χ1v) is 3.89. The van der Waals surface area contributed by atoms with Gasteiger partial charge >= 0.3 is 5.97 Å². The monoisotopic (exact) mass is 181 g/mol. The van der Waals surface area contributed by atoms with Crippen LogP contribution in [0.4, 0.5) is 0 Å². The van der Waals surface area contributed by atoms with Crippen LogP contribution in [0.2, 0.25) is 0 Å². The van der Waals surface area contributed by atoms with E-state index in [2.05, 4.69) is 9.72 Å². The number of nitrogens with zero attached hydrogens (tertiary/aromatic N) is 1. The van der Waals surface area contributed by atoms with Gasteiger partial charge in [0.2, 0.25) is 0 Å². The van der Waals surface area contributed by atoms with E-state index >= 15 is 0 Å². The van der Waals surface area contributed by atoms with E-state index in [4.69, 9.17) is 0 Å². The summed E-state index contributed by atoms with van der Waals surface area (Å²) in [4.78, 5) is 14.7. The van der Waals surface area contributed by atoms with Crippen LogP contribution in [-0.2, 0) is 16.0 Å². The van der Waals surface area contributed by atoms with E-state index in [0.29, 0.717) is 0 Å². The minimum Gasteiger partial charge on any atom is -0.467 e. The van der Waals surface area contributed by atoms with Crippen molar-refractivity contribution in [3.8, 4) is 0 Å². The maximum absolute atomic E-state index is 10.8. The lowest BCUT2D eigenvalue weighted by Gasteiger charge is -2.06. The number of aliphatic hydroxyl groups is 1. The van der Waals surface area contributed by atoms with E-state index < -0.39 is 12.1 Å². The predicted octanol–water partition coefficient (Wildman–Crippen LogP) is 0.158. The zero-order valence-corrected chi connectivity index (χ0v) is 7.30. The van der Waals surface area contributed by atoms with E-state index in [1.54, 1.807) is 24.5 Å². The lowest BCUT2D eigenvalue weighted by molar-refractivity contribution is -0.150. The van der Waals surface area contributed by atoms with Gasteiger partial charge in [0.05, 0.1) is 7.11 Å². The fourth-order valence-electron chi connectivity index (χ4n) is 0.962. The SMILES string of the molecule is COC(=O)C(O)Cc1cccnc1. The molecular formula is C9H11NO3. The fourth-order valence-corrected chi connectivity index (χ4v) is 0.962. The van der Waals surface area contributed by atoms with E-state index in [1.165, 1.54) is 7.11 Å². The minimum atomic E-state index is -1.10. The second kappa shape index (κ2) is 4.57. The summed E-state index contributed by atoms with van der Waals surface area (Å²) in [6.45, 7) is 0. The van der Waals surface area contributed by atoms with Crippen molar-refractivity contribution in [2.24, 2.45) is 0 Å². The first-order valence-electron chi connectivity index (χ1n) is 3.89. The molecule has 0 aliphatic rings. The van der Waals surface area contributed by atoms with Gasteiger partial charge < -0.3 is 9.84 Å². The van der Waals surface area contributed by atoms with Crippen molar-refractivity contribution in [1.29, 1.82) is 0 Å². The maximum Gasteiger partial charge on any atom is 0.335 e. The van der Waals surface area contributed by atoms with Crippen molar-refractivity contribution in [2.75, 3.05) is 7.11 Å². The molecule has 0 saturated carbocycles. The van der Waals surface area contributed by atoms with Gasteiger partial charge in [-0.1, -0.05) is 6.07 Å². The molecule has 0 aromatic carbocycles. The molecule has 0 saturated heterocycles. The molecule has 1 atom stereocenters. The zero-order chi connectivity index (χ0) is 9.68. The number of rotatable bonds is 3. The molecule has 0 aliphatic carbocycles. The molecule has 1 unspecified atom stereocenters. The standard InChI is InChI=1S/C9H11NO3/c1-13-9(12)8(11)5-7-3-2-4-10-6-7/h2-4,6,8,11H,5H2,1H3. The third-order valence-corrected chi connectivity index (χ3v) is 1.63. The highest BCUT2D eigenvalue weighted by molar-refractivity contribution is 5.74. The van der Waals surface area contributed by atoms with Crippen molar-refractivity contribution in [3.63, 3.8) is 0 Å². The highest BCUT2D eigenvalue weighted by Crippen LogP contribution is 2.01. The first kappa shape index (κ1) is 9.67. The summed E-state index contributed by atoms with van der Waals surface area (Å²) < 4.78 is 4.37. The van der Waals surface area contributed by atoms with Crippen LogP contribution in [0.3, 0.4) is 0 Å². The van der Waals surface area contributed by atoms with E-state index in [1.807, 2.05) is 0 Å². The molecule has 0 radical (unpaired) electrons. The number of esters is 1. The molecule has 70 valence electrons. The molecule has 0 aliphatic heterocycles. The Hall–Kier alpha value is -1.42. The van der Waals surface area contributed by atoms with Gasteiger partial charge in [-0.05, 0) is 11.6 Å². The van der Waals surface area contributed by atoms with E-state index in [0.717, 1.165) is 5.56 Å². The molecule has 1 rings (SSSR count). The largest absolute Gasteiger partial charge is 0.467 e. The van der Waals surface area contributed by atoms with Gasteiger partial charge in [-0.2, -0.15) is 0 Å². The Labute approximate surface area is 76.2 Å². The van der Waals surface area contributed by atoms with Crippen molar-refractivity contribution in [3.05, 3.63) is 30.1 Å². The summed E-state index contributed by atoms with van der Waals surface area (Å²) in [5, 5.41) is 9.27. The smallest absolute Gasteiger partial charge is 0.335 e. The average Bonchev–Trinajstić information content (AvgIpc) is 2.18. The lowest BCUT2D eigenvalue weighted by atomic mass is 10.1. The number of carbonyl (C=O) groups excluding carboxylic acids is 1. The molecule has 0 amide bonds. The maximum atomic E-state index is 10.8. The minimum absolute atomic E-state index is 0.237. The number of hydrogen-bond acceptors (Lipinski definition) is 4. The number of methoxy groups -OCH3 is 1. The van der Waals surface area contributed by atoms with Crippen LogP contribution in [0.25, 0.3) is 0 Å². The number of carbonyl (C=O) groups is 1. The molecular weight excluding hydrogens is 170 g/mol. The van der Waals surface area contributed by atoms with Crippen LogP contribution in [0.5, 0.6) is 0 Å². The highest BCUT2D eigenvalue weighted by atomic mass is 16.5. The molecule has 1 aromatic rings. The third kappa shape index (κ3) is 2.83. The van der Waals surface area contributed by atoms with Crippen LogP contribution in [0.1, 0.15) is 5.56 Å². The van der Waals surface area contributed by atoms with Crippen molar-refractivity contribution in [2.45, 2.75) is 12.5 Å². The van der Waals surface area contributed by atoms with Crippen LogP contribution >= 0.6 is 0 Å². The Bertz CT molecular complexity index is 273.